The van der Waals surface area contributed by atoms with Crippen molar-refractivity contribution in [1.82, 2.24) is 0 Å². The van der Waals surface area contributed by atoms with E-state index in [2.05, 4.69) is 69.4 Å². The number of ether oxygens (including phenoxy) is 5. The van der Waals surface area contributed by atoms with Crippen LogP contribution < -0.4 is 0 Å². The molecule has 75 heavy (non-hydrogen) atoms. The number of aliphatic hydroxyl groups is 2. The lowest BCUT2D eigenvalue weighted by molar-refractivity contribution is -0.301. The van der Waals surface area contributed by atoms with Gasteiger partial charge in [-0.05, 0) is 70.6 Å². The molecule has 1 heterocycles. The number of carbonyl (C=O) groups excluding carboxylic acids is 3. The summed E-state index contributed by atoms with van der Waals surface area (Å²) in [7, 11) is 0. The Morgan fingerprint density at radius 1 is 0.453 bits per heavy atom. The summed E-state index contributed by atoms with van der Waals surface area (Å²) in [5, 5.41) is 31.5. The van der Waals surface area contributed by atoms with Crippen LogP contribution in [0.1, 0.15) is 278 Å². The van der Waals surface area contributed by atoms with Crippen molar-refractivity contribution >= 4 is 23.9 Å². The number of hydrogen-bond donors (Lipinski definition) is 3. The first-order valence-corrected chi connectivity index (χ1v) is 30.6. The second-order valence-corrected chi connectivity index (χ2v) is 21.0. The van der Waals surface area contributed by atoms with Crippen LogP contribution in [0.3, 0.4) is 0 Å². The van der Waals surface area contributed by atoms with Gasteiger partial charge in [0.1, 0.15) is 18.8 Å². The zero-order chi connectivity index (χ0) is 54.7. The fourth-order valence-electron chi connectivity index (χ4n) is 9.19. The van der Waals surface area contributed by atoms with Crippen molar-refractivity contribution in [2.24, 2.45) is 0 Å². The molecule has 1 aliphatic rings. The van der Waals surface area contributed by atoms with Crippen molar-refractivity contribution in [1.29, 1.82) is 0 Å². The summed E-state index contributed by atoms with van der Waals surface area (Å²) in [6, 6.07) is 0. The van der Waals surface area contributed by atoms with E-state index >= 15 is 0 Å². The molecular weight excluding hydrogens is 949 g/mol. The highest BCUT2D eigenvalue weighted by atomic mass is 16.7. The molecule has 0 radical (unpaired) electrons. The van der Waals surface area contributed by atoms with E-state index in [0.717, 1.165) is 109 Å². The molecule has 1 saturated heterocycles. The molecule has 1 aliphatic heterocycles. The van der Waals surface area contributed by atoms with Gasteiger partial charge in [0, 0.05) is 19.3 Å². The van der Waals surface area contributed by atoms with Crippen molar-refractivity contribution in [2.45, 2.75) is 314 Å². The van der Waals surface area contributed by atoms with Gasteiger partial charge in [-0.15, -0.1) is 0 Å². The Morgan fingerprint density at radius 2 is 0.853 bits per heavy atom. The summed E-state index contributed by atoms with van der Waals surface area (Å²) in [4.78, 5) is 51.1. The van der Waals surface area contributed by atoms with E-state index in [1.165, 1.54) is 109 Å². The molecule has 0 aliphatic carbocycles. The highest BCUT2D eigenvalue weighted by molar-refractivity contribution is 5.74. The van der Waals surface area contributed by atoms with E-state index in [1.54, 1.807) is 0 Å². The Bertz CT molecular complexity index is 1490. The number of carboxylic acids is 1. The number of hydrogen-bond acceptors (Lipinski definition) is 11. The third-order valence-corrected chi connectivity index (χ3v) is 13.9. The lowest BCUT2D eigenvalue weighted by atomic mass is 9.98. The molecule has 3 N–H and O–H groups in total. The van der Waals surface area contributed by atoms with E-state index in [4.69, 9.17) is 23.7 Å². The highest BCUT2D eigenvalue weighted by Crippen LogP contribution is 2.26. The predicted molar refractivity (Wildman–Crippen MR) is 303 cm³/mol. The van der Waals surface area contributed by atoms with E-state index in [1.807, 2.05) is 0 Å². The molecule has 0 saturated carbocycles. The number of aliphatic hydroxyl groups excluding tert-OH is 2. The summed E-state index contributed by atoms with van der Waals surface area (Å²) in [6.45, 7) is 5.85. The first kappa shape index (κ1) is 69.7. The fourth-order valence-corrected chi connectivity index (χ4v) is 9.19. The molecule has 6 unspecified atom stereocenters. The van der Waals surface area contributed by atoms with Gasteiger partial charge >= 0.3 is 23.9 Å². The van der Waals surface area contributed by atoms with Crippen LogP contribution in [-0.2, 0) is 42.9 Å². The average Bonchev–Trinajstić information content (AvgIpc) is 3.39. The topological polar surface area (TPSA) is 175 Å². The van der Waals surface area contributed by atoms with Gasteiger partial charge in [-0.3, -0.25) is 14.4 Å². The van der Waals surface area contributed by atoms with Gasteiger partial charge < -0.3 is 39.0 Å². The number of allylic oxidation sites excluding steroid dienone is 8. The van der Waals surface area contributed by atoms with Gasteiger partial charge in [-0.25, -0.2) is 4.79 Å². The van der Waals surface area contributed by atoms with Crippen LogP contribution in [-0.4, -0.2) is 89.2 Å². The highest BCUT2D eigenvalue weighted by Gasteiger charge is 2.50. The molecule has 0 aromatic rings. The third-order valence-electron chi connectivity index (χ3n) is 13.9. The van der Waals surface area contributed by atoms with Gasteiger partial charge in [-0.1, -0.05) is 236 Å². The second-order valence-electron chi connectivity index (χ2n) is 21.0. The largest absolute Gasteiger partial charge is 0.479 e. The van der Waals surface area contributed by atoms with Gasteiger partial charge in [0.15, 0.2) is 24.6 Å². The van der Waals surface area contributed by atoms with Crippen LogP contribution >= 0.6 is 0 Å². The normalized spacial score (nSPS) is 18.4. The average molecular weight is 1060 g/mol. The van der Waals surface area contributed by atoms with Crippen LogP contribution in [0.15, 0.2) is 48.6 Å². The van der Waals surface area contributed by atoms with Crippen molar-refractivity contribution in [3.05, 3.63) is 48.6 Å². The molecule has 0 amide bonds. The van der Waals surface area contributed by atoms with Crippen LogP contribution in [0, 0.1) is 0 Å². The molecule has 6 atom stereocenters. The predicted octanol–water partition coefficient (Wildman–Crippen LogP) is 15.8. The molecule has 0 bridgehead atoms. The number of carbonyl (C=O) groups is 4. The number of aliphatic carboxylic acids is 1. The number of esters is 3. The Labute approximate surface area is 456 Å². The summed E-state index contributed by atoms with van der Waals surface area (Å²) in [5.41, 5.74) is 0. The first-order valence-electron chi connectivity index (χ1n) is 30.6. The van der Waals surface area contributed by atoms with Crippen LogP contribution in [0.5, 0.6) is 0 Å². The molecular formula is C63H110O12. The maximum Gasteiger partial charge on any atom is 0.335 e. The summed E-state index contributed by atoms with van der Waals surface area (Å²) in [6.07, 6.45) is 49.5. The van der Waals surface area contributed by atoms with Crippen LogP contribution in [0.4, 0.5) is 0 Å². The minimum Gasteiger partial charge on any atom is -0.479 e. The quantitative estimate of drug-likeness (QED) is 0.0228. The lowest BCUT2D eigenvalue weighted by Gasteiger charge is -2.40. The minimum absolute atomic E-state index is 0.0415. The Hall–Kier alpha value is -3.32. The Balaban J connectivity index is 2.64. The van der Waals surface area contributed by atoms with Gasteiger partial charge in [-0.2, -0.15) is 0 Å². The first-order chi connectivity index (χ1) is 36.6. The number of carboxylic acid groups (broad SMARTS) is 1. The molecule has 12 heteroatoms. The second kappa shape index (κ2) is 51.4. The van der Waals surface area contributed by atoms with E-state index in [-0.39, 0.29) is 25.9 Å². The molecule has 1 rings (SSSR count). The van der Waals surface area contributed by atoms with E-state index < -0.39 is 67.3 Å². The van der Waals surface area contributed by atoms with Gasteiger partial charge in [0.25, 0.3) is 0 Å². The van der Waals surface area contributed by atoms with Gasteiger partial charge in [0.05, 0.1) is 6.61 Å². The lowest BCUT2D eigenvalue weighted by Crippen LogP contribution is -2.61. The van der Waals surface area contributed by atoms with Crippen molar-refractivity contribution in [3.8, 4) is 0 Å². The Kier molecular flexibility index (Phi) is 47.8. The molecule has 0 aromatic carbocycles. The van der Waals surface area contributed by atoms with E-state index in [9.17, 15) is 34.5 Å². The smallest absolute Gasteiger partial charge is 0.335 e. The molecule has 0 aromatic heterocycles. The standard InChI is InChI=1S/C63H110O12/c1-4-7-10-13-16-19-22-24-26-27-28-29-31-32-35-37-40-43-46-49-55(64)71-52-54(73-56(65)50-47-44-41-38-34-21-18-15-12-9-6-3)53-72-63-61(59(68)58(67)60(75-63)62(69)70)74-57(66)51-48-45-42-39-36-33-30-25-23-20-17-14-11-8-5-2/h8,11,15,17-18,20,25,30,54,58-61,63,67-68H,4-7,9-10,12-14,16,19,21-24,26-29,31-53H2,1-3H3,(H,69,70)/b11-8-,18-15-,20-17-,30-25-. The SMILES string of the molecule is CC/C=C\C/C=C\C/C=C\CCCCCCCC(=O)OC1C(OCC(COC(=O)CCCCCCCCCCCCCCCCCCCCC)OC(=O)CCCCCCC/C=C\CCCC)OC(C(=O)O)C(O)C1O. The van der Waals surface area contributed by atoms with E-state index in [0.29, 0.717) is 19.3 Å². The van der Waals surface area contributed by atoms with Crippen LogP contribution in [0.25, 0.3) is 0 Å². The summed E-state index contributed by atoms with van der Waals surface area (Å²) in [5.74, 6) is -3.13. The monoisotopic (exact) mass is 1060 g/mol. The summed E-state index contributed by atoms with van der Waals surface area (Å²) >= 11 is 0. The van der Waals surface area contributed by atoms with Gasteiger partial charge in [0.2, 0.25) is 0 Å². The number of rotatable bonds is 52. The molecule has 1 fully saturated rings. The zero-order valence-electron chi connectivity index (χ0n) is 47.8. The third kappa shape index (κ3) is 41.5. The van der Waals surface area contributed by atoms with Crippen molar-refractivity contribution < 1.29 is 58.2 Å². The maximum atomic E-state index is 13.1. The minimum atomic E-state index is -1.91. The van der Waals surface area contributed by atoms with Crippen molar-refractivity contribution in [3.63, 3.8) is 0 Å². The maximum absolute atomic E-state index is 13.1. The fraction of sp³-hybridized carbons (Fsp3) is 0.810. The molecule has 12 nitrogen and oxygen atoms in total. The number of unbranched alkanes of at least 4 members (excludes halogenated alkanes) is 30. The zero-order valence-corrected chi connectivity index (χ0v) is 47.8. The van der Waals surface area contributed by atoms with Crippen LogP contribution in [0.2, 0.25) is 0 Å². The molecule has 434 valence electrons. The molecule has 0 spiro atoms. The Morgan fingerprint density at radius 3 is 1.33 bits per heavy atom. The van der Waals surface area contributed by atoms with Crippen molar-refractivity contribution in [2.75, 3.05) is 13.2 Å². The summed E-state index contributed by atoms with van der Waals surface area (Å²) < 4.78 is 28.4.